The Kier molecular flexibility index (Phi) is 2.82. The highest BCUT2D eigenvalue weighted by Crippen LogP contribution is 2.60. The number of benzene rings is 1. The fourth-order valence-corrected chi connectivity index (χ4v) is 5.33. The molecule has 4 aliphatic carbocycles. The Bertz CT molecular complexity index is 593. The zero-order valence-electron chi connectivity index (χ0n) is 12.1. The van der Waals surface area contributed by atoms with Crippen molar-refractivity contribution in [1.82, 2.24) is 0 Å². The van der Waals surface area contributed by atoms with E-state index in [4.69, 9.17) is 5.26 Å². The maximum absolute atomic E-state index is 12.9. The van der Waals surface area contributed by atoms with Gasteiger partial charge in [-0.1, -0.05) is 12.1 Å². The molecular weight excluding hydrogens is 260 g/mol. The van der Waals surface area contributed by atoms with Gasteiger partial charge in [-0.25, -0.2) is 0 Å². The molecule has 21 heavy (non-hydrogen) atoms. The van der Waals surface area contributed by atoms with E-state index in [1.165, 1.54) is 19.3 Å². The summed E-state index contributed by atoms with van der Waals surface area (Å²) in [7, 11) is 0. The third kappa shape index (κ3) is 2.05. The van der Waals surface area contributed by atoms with E-state index < -0.39 is 0 Å². The van der Waals surface area contributed by atoms with Crippen molar-refractivity contribution < 1.29 is 4.79 Å². The first-order valence-electron chi connectivity index (χ1n) is 7.99. The molecule has 3 nitrogen and oxygen atoms in total. The summed E-state index contributed by atoms with van der Waals surface area (Å²) in [5.74, 6) is 2.43. The highest BCUT2D eigenvalue weighted by Gasteiger charge is 2.54. The van der Waals surface area contributed by atoms with Crippen LogP contribution in [0.1, 0.15) is 44.1 Å². The summed E-state index contributed by atoms with van der Waals surface area (Å²) in [6.07, 6.45) is 7.17. The van der Waals surface area contributed by atoms with Gasteiger partial charge in [-0.15, -0.1) is 0 Å². The van der Waals surface area contributed by atoms with Crippen LogP contribution in [0.15, 0.2) is 24.3 Å². The van der Waals surface area contributed by atoms with Gasteiger partial charge in [0.15, 0.2) is 0 Å². The molecule has 0 aliphatic heterocycles. The van der Waals surface area contributed by atoms with Gasteiger partial charge in [0.05, 0.1) is 16.7 Å². The second-order valence-electron chi connectivity index (χ2n) is 7.31. The third-order valence-corrected chi connectivity index (χ3v) is 5.82. The second kappa shape index (κ2) is 4.59. The normalized spacial score (nSPS) is 36.2. The summed E-state index contributed by atoms with van der Waals surface area (Å²) in [6.45, 7) is 0. The first-order chi connectivity index (χ1) is 10.2. The molecule has 108 valence electrons. The topological polar surface area (TPSA) is 52.9 Å². The molecule has 0 saturated heterocycles. The van der Waals surface area contributed by atoms with Crippen LogP contribution in [-0.4, -0.2) is 5.91 Å². The second-order valence-corrected chi connectivity index (χ2v) is 7.31. The molecule has 5 rings (SSSR count). The van der Waals surface area contributed by atoms with Crippen LogP contribution in [-0.2, 0) is 4.79 Å². The molecule has 4 aliphatic rings. The van der Waals surface area contributed by atoms with Crippen molar-refractivity contribution in [3.8, 4) is 6.07 Å². The molecule has 0 unspecified atom stereocenters. The van der Waals surface area contributed by atoms with E-state index in [0.717, 1.165) is 37.0 Å². The lowest BCUT2D eigenvalue weighted by Crippen LogP contribution is -2.51. The van der Waals surface area contributed by atoms with Crippen LogP contribution in [0.2, 0.25) is 0 Å². The number of hydrogen-bond acceptors (Lipinski definition) is 2. The minimum absolute atomic E-state index is 0.155. The van der Waals surface area contributed by atoms with Crippen molar-refractivity contribution in [1.29, 1.82) is 5.26 Å². The third-order valence-electron chi connectivity index (χ3n) is 5.82. The first kappa shape index (κ1) is 12.9. The summed E-state index contributed by atoms with van der Waals surface area (Å²) < 4.78 is 0. The van der Waals surface area contributed by atoms with Crippen LogP contribution in [0.5, 0.6) is 0 Å². The fraction of sp³-hybridized carbons (Fsp3) is 0.556. The lowest BCUT2D eigenvalue weighted by atomic mass is 9.49. The monoisotopic (exact) mass is 280 g/mol. The fourth-order valence-electron chi connectivity index (χ4n) is 5.33. The molecule has 0 spiro atoms. The maximum Gasteiger partial charge on any atom is 0.230 e. The van der Waals surface area contributed by atoms with Gasteiger partial charge in [-0.3, -0.25) is 4.79 Å². The average molecular weight is 280 g/mol. The average Bonchev–Trinajstić information content (AvgIpc) is 2.46. The van der Waals surface area contributed by atoms with E-state index in [0.29, 0.717) is 11.3 Å². The Morgan fingerprint density at radius 2 is 1.67 bits per heavy atom. The van der Waals surface area contributed by atoms with Crippen molar-refractivity contribution in [3.63, 3.8) is 0 Å². The maximum atomic E-state index is 12.9. The van der Waals surface area contributed by atoms with E-state index in [-0.39, 0.29) is 11.3 Å². The largest absolute Gasteiger partial charge is 0.324 e. The molecule has 1 amide bonds. The summed E-state index contributed by atoms with van der Waals surface area (Å²) >= 11 is 0. The Balaban J connectivity index is 1.59. The molecule has 4 saturated carbocycles. The van der Waals surface area contributed by atoms with Gasteiger partial charge in [0.25, 0.3) is 0 Å². The summed E-state index contributed by atoms with van der Waals surface area (Å²) in [5, 5.41) is 12.2. The van der Waals surface area contributed by atoms with Gasteiger partial charge >= 0.3 is 0 Å². The Morgan fingerprint density at radius 1 is 1.10 bits per heavy atom. The molecule has 0 radical (unpaired) electrons. The van der Waals surface area contributed by atoms with Crippen LogP contribution in [0.3, 0.4) is 0 Å². The number of nitrogens with zero attached hydrogens (tertiary/aromatic N) is 1. The molecule has 4 fully saturated rings. The number of carbonyl (C=O) groups excluding carboxylic acids is 1. The van der Waals surface area contributed by atoms with Crippen molar-refractivity contribution in [3.05, 3.63) is 29.8 Å². The number of para-hydroxylation sites is 1. The lowest BCUT2D eigenvalue weighted by Gasteiger charge is -2.55. The molecular formula is C18H20N2O. The Labute approximate surface area is 125 Å². The number of rotatable bonds is 2. The predicted molar refractivity (Wildman–Crippen MR) is 80.4 cm³/mol. The number of nitrogens with one attached hydrogen (secondary N) is 1. The molecule has 0 heterocycles. The van der Waals surface area contributed by atoms with E-state index >= 15 is 0 Å². The highest BCUT2D eigenvalue weighted by atomic mass is 16.2. The van der Waals surface area contributed by atoms with E-state index in [2.05, 4.69) is 11.4 Å². The number of nitriles is 1. The first-order valence-corrected chi connectivity index (χ1v) is 7.99. The SMILES string of the molecule is N#Cc1ccccc1NC(=O)C12CC3CC(CC(C3)C1)C2. The van der Waals surface area contributed by atoms with Gasteiger partial charge in [0.1, 0.15) is 6.07 Å². The van der Waals surface area contributed by atoms with Gasteiger partial charge in [-0.2, -0.15) is 5.26 Å². The summed E-state index contributed by atoms with van der Waals surface area (Å²) in [4.78, 5) is 12.9. The molecule has 1 aromatic carbocycles. The van der Waals surface area contributed by atoms with E-state index in [9.17, 15) is 4.79 Å². The molecule has 4 bridgehead atoms. The molecule has 0 atom stereocenters. The van der Waals surface area contributed by atoms with Crippen LogP contribution >= 0.6 is 0 Å². The molecule has 1 aromatic rings. The summed E-state index contributed by atoms with van der Waals surface area (Å²) in [6, 6.07) is 9.45. The van der Waals surface area contributed by atoms with Crippen LogP contribution in [0.4, 0.5) is 5.69 Å². The van der Waals surface area contributed by atoms with Crippen LogP contribution in [0, 0.1) is 34.5 Å². The number of anilines is 1. The van der Waals surface area contributed by atoms with Gasteiger partial charge in [0, 0.05) is 0 Å². The van der Waals surface area contributed by atoms with Crippen LogP contribution in [0.25, 0.3) is 0 Å². The van der Waals surface area contributed by atoms with Gasteiger partial charge in [-0.05, 0) is 68.4 Å². The van der Waals surface area contributed by atoms with Crippen molar-refractivity contribution >= 4 is 11.6 Å². The predicted octanol–water partition coefficient (Wildman–Crippen LogP) is 3.71. The molecule has 0 aromatic heterocycles. The highest BCUT2D eigenvalue weighted by molar-refractivity contribution is 5.96. The number of hydrogen-bond donors (Lipinski definition) is 1. The number of amides is 1. The molecule has 1 N–H and O–H groups in total. The van der Waals surface area contributed by atoms with Crippen molar-refractivity contribution in [2.24, 2.45) is 23.2 Å². The minimum Gasteiger partial charge on any atom is -0.324 e. The minimum atomic E-state index is -0.155. The van der Waals surface area contributed by atoms with Gasteiger partial charge < -0.3 is 5.32 Å². The number of carbonyl (C=O) groups is 1. The Hall–Kier alpha value is -1.82. The zero-order valence-corrected chi connectivity index (χ0v) is 12.1. The van der Waals surface area contributed by atoms with E-state index in [1.54, 1.807) is 6.07 Å². The van der Waals surface area contributed by atoms with Crippen LogP contribution < -0.4 is 5.32 Å². The molecule has 3 heteroatoms. The van der Waals surface area contributed by atoms with Crippen molar-refractivity contribution in [2.75, 3.05) is 5.32 Å². The Morgan fingerprint density at radius 3 is 2.24 bits per heavy atom. The lowest BCUT2D eigenvalue weighted by molar-refractivity contribution is -0.140. The quantitative estimate of drug-likeness (QED) is 0.897. The van der Waals surface area contributed by atoms with Gasteiger partial charge in [0.2, 0.25) is 5.91 Å². The summed E-state index contributed by atoms with van der Waals surface area (Å²) in [5.41, 5.74) is 1.06. The van der Waals surface area contributed by atoms with E-state index in [1.807, 2.05) is 18.2 Å². The van der Waals surface area contributed by atoms with Crippen molar-refractivity contribution in [2.45, 2.75) is 38.5 Å². The smallest absolute Gasteiger partial charge is 0.230 e. The zero-order chi connectivity index (χ0) is 14.4. The standard InChI is InChI=1S/C18H20N2O/c19-11-15-3-1-2-4-16(15)20-17(21)18-8-12-5-13(9-18)7-14(6-12)10-18/h1-4,12-14H,5-10H2,(H,20,21).